The van der Waals surface area contributed by atoms with Gasteiger partial charge in [-0.25, -0.2) is 0 Å². The molecule has 2 atom stereocenters. The first-order valence-corrected chi connectivity index (χ1v) is 10.2. The summed E-state index contributed by atoms with van der Waals surface area (Å²) in [4.78, 5) is 17.0. The lowest BCUT2D eigenvalue weighted by Gasteiger charge is -2.44. The molecule has 5 rings (SSSR count). The van der Waals surface area contributed by atoms with Crippen LogP contribution in [0.3, 0.4) is 0 Å². The van der Waals surface area contributed by atoms with Crippen molar-refractivity contribution in [2.45, 2.75) is 36.8 Å². The maximum atomic E-state index is 12.7. The fourth-order valence-corrected chi connectivity index (χ4v) is 5.37. The van der Waals surface area contributed by atoms with E-state index >= 15 is 0 Å². The lowest BCUT2D eigenvalue weighted by molar-refractivity contribution is -0.0114. The van der Waals surface area contributed by atoms with Crippen molar-refractivity contribution in [3.63, 3.8) is 0 Å². The van der Waals surface area contributed by atoms with Crippen molar-refractivity contribution in [2.24, 2.45) is 0 Å². The third-order valence-corrected chi connectivity index (χ3v) is 6.84. The van der Waals surface area contributed by atoms with E-state index < -0.39 is 6.10 Å². The van der Waals surface area contributed by atoms with Crippen LogP contribution >= 0.6 is 0 Å². The third kappa shape index (κ3) is 2.63. The minimum atomic E-state index is -0.444. The first-order chi connectivity index (χ1) is 13.7. The lowest BCUT2D eigenvalue weighted by atomic mass is 9.72. The smallest absolute Gasteiger partial charge is 0.271 e. The van der Waals surface area contributed by atoms with Crippen molar-refractivity contribution in [1.29, 1.82) is 0 Å². The van der Waals surface area contributed by atoms with Crippen LogP contribution in [0, 0.1) is 0 Å². The van der Waals surface area contributed by atoms with Crippen LogP contribution in [0.2, 0.25) is 0 Å². The fraction of sp³-hybridized carbons (Fsp3) is 0.455. The Morgan fingerprint density at radius 2 is 1.96 bits per heavy atom. The van der Waals surface area contributed by atoms with Gasteiger partial charge in [-0.2, -0.15) is 5.10 Å². The van der Waals surface area contributed by atoms with E-state index in [0.717, 1.165) is 32.4 Å². The summed E-state index contributed by atoms with van der Waals surface area (Å²) in [7, 11) is 0. The van der Waals surface area contributed by atoms with Gasteiger partial charge in [-0.1, -0.05) is 36.4 Å². The molecule has 3 heterocycles. The van der Waals surface area contributed by atoms with Crippen LogP contribution < -0.4 is 0 Å². The molecule has 1 fully saturated rings. The van der Waals surface area contributed by atoms with Gasteiger partial charge in [-0.3, -0.25) is 14.8 Å². The van der Waals surface area contributed by atoms with Gasteiger partial charge in [0.25, 0.3) is 5.91 Å². The SMILES string of the molecule is O=C(c1ccn[nH]1)N1CCC2(CC1)c1ccccc1[C@@H](N1CC=CCC1)[C@@H]2O. The summed E-state index contributed by atoms with van der Waals surface area (Å²) in [6, 6.07) is 10.3. The summed E-state index contributed by atoms with van der Waals surface area (Å²) >= 11 is 0. The number of nitrogens with zero attached hydrogens (tertiary/aromatic N) is 3. The van der Waals surface area contributed by atoms with Crippen LogP contribution in [-0.4, -0.2) is 63.3 Å². The zero-order valence-corrected chi connectivity index (χ0v) is 15.9. The summed E-state index contributed by atoms with van der Waals surface area (Å²) in [5.74, 6) is -0.00848. The number of aliphatic hydroxyl groups excluding tert-OH is 1. The molecule has 2 aliphatic heterocycles. The fourth-order valence-electron chi connectivity index (χ4n) is 5.37. The Bertz CT molecular complexity index is 884. The van der Waals surface area contributed by atoms with Crippen LogP contribution in [0.25, 0.3) is 0 Å². The van der Waals surface area contributed by atoms with E-state index in [1.807, 2.05) is 4.90 Å². The summed E-state index contributed by atoms with van der Waals surface area (Å²) in [6.07, 6.45) is 8.18. The molecule has 2 aromatic rings. The van der Waals surface area contributed by atoms with Gasteiger partial charge in [0, 0.05) is 37.8 Å². The van der Waals surface area contributed by atoms with E-state index in [9.17, 15) is 9.90 Å². The first-order valence-electron chi connectivity index (χ1n) is 10.2. The van der Waals surface area contributed by atoms with E-state index in [-0.39, 0.29) is 17.4 Å². The summed E-state index contributed by atoms with van der Waals surface area (Å²) in [5, 5.41) is 18.2. The Labute approximate surface area is 164 Å². The maximum absolute atomic E-state index is 12.7. The molecule has 1 saturated heterocycles. The number of aromatic nitrogens is 2. The third-order valence-electron chi connectivity index (χ3n) is 6.84. The number of hydrogen-bond donors (Lipinski definition) is 2. The minimum absolute atomic E-state index is 0.00848. The monoisotopic (exact) mass is 378 g/mol. The number of aromatic amines is 1. The number of amides is 1. The first kappa shape index (κ1) is 17.6. The van der Waals surface area contributed by atoms with Crippen LogP contribution in [0.1, 0.15) is 46.9 Å². The van der Waals surface area contributed by atoms with Crippen LogP contribution in [0.5, 0.6) is 0 Å². The number of carbonyl (C=O) groups excluding carboxylic acids is 1. The highest BCUT2D eigenvalue weighted by atomic mass is 16.3. The summed E-state index contributed by atoms with van der Waals surface area (Å²) in [5.41, 5.74) is 2.79. The molecule has 6 heteroatoms. The second-order valence-electron chi connectivity index (χ2n) is 8.15. The molecule has 0 radical (unpaired) electrons. The van der Waals surface area contributed by atoms with Crippen LogP contribution in [0.15, 0.2) is 48.7 Å². The van der Waals surface area contributed by atoms with E-state index in [4.69, 9.17) is 0 Å². The normalized spacial score (nSPS) is 26.5. The van der Waals surface area contributed by atoms with Gasteiger partial charge < -0.3 is 10.0 Å². The number of hydrogen-bond acceptors (Lipinski definition) is 4. The molecule has 2 N–H and O–H groups in total. The number of likely N-dealkylation sites (tertiary alicyclic amines) is 1. The zero-order valence-electron chi connectivity index (χ0n) is 15.9. The van der Waals surface area contributed by atoms with Crippen molar-refractivity contribution < 1.29 is 9.90 Å². The molecule has 0 unspecified atom stereocenters. The van der Waals surface area contributed by atoms with Gasteiger partial charge in [0.2, 0.25) is 0 Å². The highest BCUT2D eigenvalue weighted by molar-refractivity contribution is 5.92. The molecule has 1 aliphatic carbocycles. The van der Waals surface area contributed by atoms with Crippen LogP contribution in [-0.2, 0) is 5.41 Å². The Hall–Kier alpha value is -2.44. The Kier molecular flexibility index (Phi) is 4.33. The molecule has 28 heavy (non-hydrogen) atoms. The number of H-pyrrole nitrogens is 1. The molecular weight excluding hydrogens is 352 g/mol. The zero-order chi connectivity index (χ0) is 19.1. The molecule has 6 nitrogen and oxygen atoms in total. The number of piperidine rings is 1. The van der Waals surface area contributed by atoms with Gasteiger partial charge in [0.1, 0.15) is 5.69 Å². The van der Waals surface area contributed by atoms with Crippen molar-refractivity contribution in [2.75, 3.05) is 26.2 Å². The topological polar surface area (TPSA) is 72.5 Å². The van der Waals surface area contributed by atoms with Crippen LogP contribution in [0.4, 0.5) is 0 Å². The second-order valence-corrected chi connectivity index (χ2v) is 8.15. The minimum Gasteiger partial charge on any atom is -0.390 e. The summed E-state index contributed by atoms with van der Waals surface area (Å²) in [6.45, 7) is 3.16. The number of benzene rings is 1. The van der Waals surface area contributed by atoms with Gasteiger partial charge in [0.15, 0.2) is 0 Å². The highest BCUT2D eigenvalue weighted by Gasteiger charge is 2.54. The van der Waals surface area contributed by atoms with Gasteiger partial charge >= 0.3 is 0 Å². The van der Waals surface area contributed by atoms with Crippen molar-refractivity contribution >= 4 is 5.91 Å². The summed E-state index contributed by atoms with van der Waals surface area (Å²) < 4.78 is 0. The van der Waals surface area contributed by atoms with E-state index in [1.54, 1.807) is 12.3 Å². The molecular formula is C22H26N4O2. The maximum Gasteiger partial charge on any atom is 0.271 e. The molecule has 0 saturated carbocycles. The molecule has 1 spiro atoms. The van der Waals surface area contributed by atoms with Gasteiger partial charge in [0.05, 0.1) is 12.1 Å². The standard InChI is InChI=1S/C22H26N4O2/c27-20-19(25-12-4-1-5-13-25)16-6-2-3-7-17(16)22(20)9-14-26(15-10-22)21(28)18-8-11-23-24-18/h1-4,6-8,11,19-20,27H,5,9-10,12-15H2,(H,23,24)/t19-,20+/m1/s1. The predicted molar refractivity (Wildman–Crippen MR) is 106 cm³/mol. The number of carbonyl (C=O) groups is 1. The molecule has 146 valence electrons. The average Bonchev–Trinajstić information content (AvgIpc) is 3.36. The van der Waals surface area contributed by atoms with Crippen molar-refractivity contribution in [3.8, 4) is 0 Å². The largest absolute Gasteiger partial charge is 0.390 e. The molecule has 3 aliphatic rings. The van der Waals surface area contributed by atoms with E-state index in [2.05, 4.69) is 51.5 Å². The number of aliphatic hydroxyl groups is 1. The Morgan fingerprint density at radius 3 is 2.68 bits per heavy atom. The predicted octanol–water partition coefficient (Wildman–Crippen LogP) is 2.26. The molecule has 1 aromatic carbocycles. The lowest BCUT2D eigenvalue weighted by Crippen LogP contribution is -2.51. The average molecular weight is 378 g/mol. The molecule has 0 bridgehead atoms. The van der Waals surface area contributed by atoms with E-state index in [0.29, 0.717) is 18.8 Å². The van der Waals surface area contributed by atoms with Crippen molar-refractivity contribution in [1.82, 2.24) is 20.0 Å². The Morgan fingerprint density at radius 1 is 1.14 bits per heavy atom. The highest BCUT2D eigenvalue weighted by Crippen LogP contribution is 2.53. The Balaban J connectivity index is 1.42. The molecule has 1 aromatic heterocycles. The van der Waals surface area contributed by atoms with Gasteiger partial charge in [-0.05, 0) is 36.5 Å². The number of nitrogens with one attached hydrogen (secondary N) is 1. The van der Waals surface area contributed by atoms with E-state index in [1.165, 1.54) is 11.1 Å². The number of rotatable bonds is 2. The second kappa shape index (κ2) is 6.87. The molecule has 1 amide bonds. The van der Waals surface area contributed by atoms with Gasteiger partial charge in [-0.15, -0.1) is 0 Å². The van der Waals surface area contributed by atoms with Crippen molar-refractivity contribution in [3.05, 3.63) is 65.5 Å². The quantitative estimate of drug-likeness (QED) is 0.787. The number of fused-ring (bicyclic) bond motifs is 2.